The zero-order valence-electron chi connectivity index (χ0n) is 9.39. The van der Waals surface area contributed by atoms with E-state index in [4.69, 9.17) is 22.3 Å². The van der Waals surface area contributed by atoms with Crippen LogP contribution in [0.2, 0.25) is 0 Å². The third-order valence-electron chi connectivity index (χ3n) is 1.96. The van der Waals surface area contributed by atoms with Crippen LogP contribution in [0.3, 0.4) is 0 Å². The smallest absolute Gasteiger partial charge is 0.402 e. The summed E-state index contributed by atoms with van der Waals surface area (Å²) in [7, 11) is -0.248. The van der Waals surface area contributed by atoms with E-state index in [1.54, 1.807) is 0 Å². The number of ether oxygens (including phenoxy) is 1. The highest BCUT2D eigenvalue weighted by atomic mass is 35.7. The van der Waals surface area contributed by atoms with Gasteiger partial charge in [-0.2, -0.15) is 13.2 Å². The SMILES string of the molecule is O=S(=O)(Cl)c1ncc(CCl)c(C(F)(F)F)c1OC(F)(F)F. The first-order valence-corrected chi connectivity index (χ1v) is 7.47. The second-order valence-corrected chi connectivity index (χ2v) is 6.16. The highest BCUT2D eigenvalue weighted by Crippen LogP contribution is 2.44. The Bertz CT molecular complexity index is 643. The van der Waals surface area contributed by atoms with Gasteiger partial charge in [0.15, 0.2) is 5.75 Å². The number of hydrogen-bond acceptors (Lipinski definition) is 4. The van der Waals surface area contributed by atoms with E-state index in [1.165, 1.54) is 0 Å². The van der Waals surface area contributed by atoms with E-state index in [-0.39, 0.29) is 0 Å². The average molecular weight is 378 g/mol. The minimum absolute atomic E-state index is 0.355. The van der Waals surface area contributed by atoms with Gasteiger partial charge in [0.25, 0.3) is 9.05 Å². The van der Waals surface area contributed by atoms with Crippen molar-refractivity contribution < 1.29 is 39.5 Å². The molecule has 0 unspecified atom stereocenters. The predicted molar refractivity (Wildman–Crippen MR) is 58.5 cm³/mol. The van der Waals surface area contributed by atoms with Crippen molar-refractivity contribution >= 4 is 31.3 Å². The molecule has 0 atom stereocenters. The third kappa shape index (κ3) is 4.51. The normalized spacial score (nSPS) is 13.3. The van der Waals surface area contributed by atoms with Crippen LogP contribution in [-0.2, 0) is 21.1 Å². The zero-order chi connectivity index (χ0) is 16.6. The number of pyridine rings is 1. The largest absolute Gasteiger partial charge is 0.573 e. The fraction of sp³-hybridized carbons (Fsp3) is 0.375. The van der Waals surface area contributed by atoms with Crippen molar-refractivity contribution in [3.05, 3.63) is 17.3 Å². The lowest BCUT2D eigenvalue weighted by Gasteiger charge is -2.19. The van der Waals surface area contributed by atoms with Gasteiger partial charge in [-0.05, 0) is 0 Å². The Labute approximate surface area is 123 Å². The summed E-state index contributed by atoms with van der Waals surface area (Å²) in [6, 6.07) is 0. The summed E-state index contributed by atoms with van der Waals surface area (Å²) in [5.41, 5.74) is -2.91. The molecule has 120 valence electrons. The van der Waals surface area contributed by atoms with Gasteiger partial charge in [-0.25, -0.2) is 13.4 Å². The average Bonchev–Trinajstić information content (AvgIpc) is 2.22. The van der Waals surface area contributed by atoms with Gasteiger partial charge < -0.3 is 4.74 Å². The van der Waals surface area contributed by atoms with Crippen LogP contribution in [0.5, 0.6) is 5.75 Å². The molecule has 1 heterocycles. The maximum atomic E-state index is 12.9. The molecule has 0 amide bonds. The van der Waals surface area contributed by atoms with E-state index >= 15 is 0 Å². The van der Waals surface area contributed by atoms with Gasteiger partial charge in [0.05, 0.1) is 0 Å². The van der Waals surface area contributed by atoms with Crippen LogP contribution in [0.1, 0.15) is 11.1 Å². The molecule has 0 aliphatic heterocycles. The minimum Gasteiger partial charge on any atom is -0.402 e. The molecule has 1 rings (SSSR count). The van der Waals surface area contributed by atoms with Gasteiger partial charge in [0, 0.05) is 28.3 Å². The summed E-state index contributed by atoms with van der Waals surface area (Å²) >= 11 is 5.19. The van der Waals surface area contributed by atoms with Gasteiger partial charge in [-0.1, -0.05) is 0 Å². The first kappa shape index (κ1) is 18.1. The predicted octanol–water partition coefficient (Wildman–Crippen LogP) is 3.67. The minimum atomic E-state index is -5.59. The van der Waals surface area contributed by atoms with Crippen LogP contribution in [0.25, 0.3) is 0 Å². The summed E-state index contributed by atoms with van der Waals surface area (Å²) in [5.74, 6) is -2.94. The molecule has 0 N–H and O–H groups in total. The molecule has 0 bridgehead atoms. The molecule has 0 aliphatic rings. The molecule has 13 heteroatoms. The molecule has 0 fully saturated rings. The van der Waals surface area contributed by atoms with Gasteiger partial charge in [-0.15, -0.1) is 24.8 Å². The fourth-order valence-corrected chi connectivity index (χ4v) is 2.38. The Kier molecular flexibility index (Phi) is 4.91. The quantitative estimate of drug-likeness (QED) is 0.458. The lowest BCUT2D eigenvalue weighted by atomic mass is 10.1. The van der Waals surface area contributed by atoms with Crippen LogP contribution in [0.4, 0.5) is 26.3 Å². The maximum Gasteiger partial charge on any atom is 0.573 e. The Hall–Kier alpha value is -0.940. The zero-order valence-corrected chi connectivity index (χ0v) is 11.7. The summed E-state index contributed by atoms with van der Waals surface area (Å²) < 4.78 is 101. The number of halogens is 8. The van der Waals surface area contributed by atoms with E-state index in [2.05, 4.69) is 9.72 Å². The maximum absolute atomic E-state index is 12.9. The topological polar surface area (TPSA) is 56.3 Å². The van der Waals surface area contributed by atoms with E-state index in [9.17, 15) is 34.8 Å². The number of nitrogens with zero attached hydrogens (tertiary/aromatic N) is 1. The van der Waals surface area contributed by atoms with Gasteiger partial charge >= 0.3 is 12.5 Å². The van der Waals surface area contributed by atoms with Crippen molar-refractivity contribution in [1.29, 1.82) is 0 Å². The Balaban J connectivity index is 3.80. The van der Waals surface area contributed by atoms with E-state index in [1.807, 2.05) is 0 Å². The Morgan fingerprint density at radius 2 is 1.71 bits per heavy atom. The summed E-state index contributed by atoms with van der Waals surface area (Å²) in [6.45, 7) is 0. The molecular formula is C8H3Cl2F6NO3S. The van der Waals surface area contributed by atoms with Crippen LogP contribution in [0, 0.1) is 0 Å². The molecule has 0 saturated carbocycles. The Morgan fingerprint density at radius 1 is 1.19 bits per heavy atom. The molecule has 0 radical (unpaired) electrons. The van der Waals surface area contributed by atoms with Crippen molar-refractivity contribution in [2.75, 3.05) is 0 Å². The molecule has 0 saturated heterocycles. The van der Waals surface area contributed by atoms with E-state index in [0.29, 0.717) is 6.20 Å². The number of rotatable bonds is 3. The first-order valence-electron chi connectivity index (χ1n) is 4.63. The number of alkyl halides is 7. The van der Waals surface area contributed by atoms with Gasteiger partial charge in [0.1, 0.15) is 5.56 Å². The van der Waals surface area contributed by atoms with Gasteiger partial charge in [-0.3, -0.25) is 0 Å². The van der Waals surface area contributed by atoms with Crippen molar-refractivity contribution in [3.63, 3.8) is 0 Å². The highest BCUT2D eigenvalue weighted by Gasteiger charge is 2.44. The van der Waals surface area contributed by atoms with Crippen molar-refractivity contribution in [3.8, 4) is 5.75 Å². The summed E-state index contributed by atoms with van der Waals surface area (Å²) in [5, 5.41) is -1.71. The Morgan fingerprint density at radius 3 is 2.05 bits per heavy atom. The standard InChI is InChI=1S/C8H3Cl2F6NO3S/c9-1-3-2-17-6(21(10,18)19)5(20-8(14,15)16)4(3)7(11,12)13/h2H,1H2. The van der Waals surface area contributed by atoms with Crippen molar-refractivity contribution in [1.82, 2.24) is 4.98 Å². The highest BCUT2D eigenvalue weighted by molar-refractivity contribution is 8.13. The fourth-order valence-electron chi connectivity index (χ4n) is 1.31. The van der Waals surface area contributed by atoms with Gasteiger partial charge in [0.2, 0.25) is 5.03 Å². The third-order valence-corrected chi connectivity index (χ3v) is 3.44. The van der Waals surface area contributed by atoms with E-state index in [0.717, 1.165) is 0 Å². The number of hydrogen-bond donors (Lipinski definition) is 0. The number of aromatic nitrogens is 1. The second kappa shape index (κ2) is 5.69. The van der Waals surface area contributed by atoms with Crippen molar-refractivity contribution in [2.24, 2.45) is 0 Å². The monoisotopic (exact) mass is 377 g/mol. The summed E-state index contributed by atoms with van der Waals surface area (Å²) in [4.78, 5) is 2.95. The van der Waals surface area contributed by atoms with Crippen LogP contribution >= 0.6 is 22.3 Å². The van der Waals surface area contributed by atoms with Crippen LogP contribution < -0.4 is 4.74 Å². The molecule has 0 spiro atoms. The van der Waals surface area contributed by atoms with Crippen LogP contribution in [-0.4, -0.2) is 19.8 Å². The molecule has 0 aromatic carbocycles. The molecule has 0 aliphatic carbocycles. The molecule has 1 aromatic rings. The molecule has 21 heavy (non-hydrogen) atoms. The van der Waals surface area contributed by atoms with E-state index < -0.39 is 49.4 Å². The molecule has 1 aromatic heterocycles. The lowest BCUT2D eigenvalue weighted by molar-refractivity contribution is -0.277. The second-order valence-electron chi connectivity index (χ2n) is 3.41. The van der Waals surface area contributed by atoms with Crippen molar-refractivity contribution in [2.45, 2.75) is 23.4 Å². The first-order chi connectivity index (χ1) is 9.27. The summed E-state index contributed by atoms with van der Waals surface area (Å²) in [6.07, 6.45) is -10.6. The molecular weight excluding hydrogens is 375 g/mol. The van der Waals surface area contributed by atoms with Crippen LogP contribution in [0.15, 0.2) is 11.2 Å². The lowest BCUT2D eigenvalue weighted by Crippen LogP contribution is -2.23. The molecule has 4 nitrogen and oxygen atoms in total.